The van der Waals surface area contributed by atoms with Gasteiger partial charge in [0.1, 0.15) is 11.9 Å². The van der Waals surface area contributed by atoms with Crippen molar-refractivity contribution in [3.05, 3.63) is 34.6 Å². The number of benzene rings is 1. The number of halogens is 3. The number of hydrogen-bond acceptors (Lipinski definition) is 3. The molecule has 2 heterocycles. The molecule has 0 bridgehead atoms. The minimum atomic E-state index is -0.332. The van der Waals surface area contributed by atoms with Crippen molar-refractivity contribution >= 4 is 47.4 Å². The molecule has 29 heavy (non-hydrogen) atoms. The molecule has 6 nitrogen and oxygen atoms in total. The summed E-state index contributed by atoms with van der Waals surface area (Å²) in [4.78, 5) is 21.3. The SMILES string of the molecule is CCNC(=NCCc1ccc(F)cc1Cl)N1CCN(C(=O)C2CCCO2)CC1.I. The van der Waals surface area contributed by atoms with Crippen LogP contribution in [0.25, 0.3) is 0 Å². The second kappa shape index (κ2) is 11.9. The van der Waals surface area contributed by atoms with Gasteiger partial charge in [-0.25, -0.2) is 4.39 Å². The zero-order chi connectivity index (χ0) is 19.9. The van der Waals surface area contributed by atoms with Crippen LogP contribution in [0.15, 0.2) is 23.2 Å². The van der Waals surface area contributed by atoms with E-state index in [9.17, 15) is 9.18 Å². The van der Waals surface area contributed by atoms with E-state index in [2.05, 4.69) is 10.2 Å². The Hall–Kier alpha value is -1.13. The number of nitrogens with zero attached hydrogens (tertiary/aromatic N) is 3. The number of aliphatic imine (C=N–C) groups is 1. The van der Waals surface area contributed by atoms with Crippen molar-refractivity contribution < 1.29 is 13.9 Å². The zero-order valence-electron chi connectivity index (χ0n) is 16.7. The average Bonchev–Trinajstić information content (AvgIpc) is 3.23. The molecule has 1 N–H and O–H groups in total. The Morgan fingerprint density at radius 2 is 2.03 bits per heavy atom. The number of carbonyl (C=O) groups excluding carboxylic acids is 1. The molecule has 1 aromatic rings. The van der Waals surface area contributed by atoms with Crippen LogP contribution < -0.4 is 5.32 Å². The fourth-order valence-electron chi connectivity index (χ4n) is 3.55. The van der Waals surface area contributed by atoms with E-state index in [1.807, 2.05) is 11.8 Å². The first kappa shape index (κ1) is 24.1. The van der Waals surface area contributed by atoms with Gasteiger partial charge in [0.25, 0.3) is 5.91 Å². The van der Waals surface area contributed by atoms with Crippen LogP contribution in [0.2, 0.25) is 5.02 Å². The van der Waals surface area contributed by atoms with Gasteiger partial charge in [-0.2, -0.15) is 0 Å². The van der Waals surface area contributed by atoms with E-state index < -0.39 is 0 Å². The van der Waals surface area contributed by atoms with Crippen molar-refractivity contribution in [1.82, 2.24) is 15.1 Å². The van der Waals surface area contributed by atoms with Gasteiger partial charge < -0.3 is 19.9 Å². The van der Waals surface area contributed by atoms with Gasteiger partial charge in [-0.1, -0.05) is 17.7 Å². The first-order valence-electron chi connectivity index (χ1n) is 9.96. The molecule has 0 radical (unpaired) electrons. The van der Waals surface area contributed by atoms with Crippen molar-refractivity contribution in [2.45, 2.75) is 32.3 Å². The summed E-state index contributed by atoms with van der Waals surface area (Å²) in [5.41, 5.74) is 0.884. The van der Waals surface area contributed by atoms with Crippen LogP contribution in [0.5, 0.6) is 0 Å². The molecule has 0 spiro atoms. The van der Waals surface area contributed by atoms with E-state index in [1.165, 1.54) is 12.1 Å². The molecule has 1 amide bonds. The van der Waals surface area contributed by atoms with E-state index >= 15 is 0 Å². The number of hydrogen-bond donors (Lipinski definition) is 1. The van der Waals surface area contributed by atoms with Gasteiger partial charge in [0.05, 0.1) is 0 Å². The predicted molar refractivity (Wildman–Crippen MR) is 124 cm³/mol. The molecule has 0 saturated carbocycles. The standard InChI is InChI=1S/C20H28ClFN4O2.HI/c1-2-23-20(24-8-7-15-5-6-16(22)14-17(15)21)26-11-9-25(10-12-26)19(27)18-4-3-13-28-18;/h5-6,14,18H,2-4,7-13H2,1H3,(H,23,24);1H. The Bertz CT molecular complexity index is 708. The number of guanidine groups is 1. The van der Waals surface area contributed by atoms with Crippen LogP contribution in [0.1, 0.15) is 25.3 Å². The van der Waals surface area contributed by atoms with Crippen LogP contribution in [-0.4, -0.2) is 73.6 Å². The monoisotopic (exact) mass is 538 g/mol. The molecule has 0 aliphatic carbocycles. The summed E-state index contributed by atoms with van der Waals surface area (Å²) < 4.78 is 18.7. The second-order valence-electron chi connectivity index (χ2n) is 7.04. The minimum Gasteiger partial charge on any atom is -0.368 e. The molecule has 2 aliphatic heterocycles. The van der Waals surface area contributed by atoms with Crippen LogP contribution in [0.3, 0.4) is 0 Å². The Kier molecular flexibility index (Phi) is 9.91. The highest BCUT2D eigenvalue weighted by molar-refractivity contribution is 14.0. The fraction of sp³-hybridized carbons (Fsp3) is 0.600. The van der Waals surface area contributed by atoms with Crippen LogP contribution in [-0.2, 0) is 16.0 Å². The molecule has 162 valence electrons. The Labute approximate surface area is 193 Å². The largest absolute Gasteiger partial charge is 0.368 e. The summed E-state index contributed by atoms with van der Waals surface area (Å²) >= 11 is 6.09. The number of carbonyl (C=O) groups is 1. The summed E-state index contributed by atoms with van der Waals surface area (Å²) in [6, 6.07) is 4.45. The van der Waals surface area contributed by atoms with Crippen molar-refractivity contribution in [3.8, 4) is 0 Å². The zero-order valence-corrected chi connectivity index (χ0v) is 19.8. The molecule has 2 aliphatic rings. The topological polar surface area (TPSA) is 57.2 Å². The van der Waals surface area contributed by atoms with Gasteiger partial charge in [0.15, 0.2) is 5.96 Å². The normalized spacial score (nSPS) is 19.8. The minimum absolute atomic E-state index is 0. The smallest absolute Gasteiger partial charge is 0.251 e. The van der Waals surface area contributed by atoms with Crippen molar-refractivity contribution in [1.29, 1.82) is 0 Å². The highest BCUT2D eigenvalue weighted by atomic mass is 127. The summed E-state index contributed by atoms with van der Waals surface area (Å²) in [6.45, 7) is 6.87. The Morgan fingerprint density at radius 3 is 2.66 bits per heavy atom. The van der Waals surface area contributed by atoms with Gasteiger partial charge in [-0.15, -0.1) is 24.0 Å². The molecule has 1 unspecified atom stereocenters. The third-order valence-electron chi connectivity index (χ3n) is 5.09. The lowest BCUT2D eigenvalue weighted by Crippen LogP contribution is -2.55. The molecule has 9 heteroatoms. The van der Waals surface area contributed by atoms with E-state index in [-0.39, 0.29) is 41.8 Å². The maximum absolute atomic E-state index is 13.2. The Balaban J connectivity index is 0.00000300. The van der Waals surface area contributed by atoms with Gasteiger partial charge in [-0.3, -0.25) is 9.79 Å². The van der Waals surface area contributed by atoms with Crippen LogP contribution in [0.4, 0.5) is 4.39 Å². The first-order valence-corrected chi connectivity index (χ1v) is 10.3. The van der Waals surface area contributed by atoms with Gasteiger partial charge >= 0.3 is 0 Å². The molecule has 1 aromatic carbocycles. The van der Waals surface area contributed by atoms with Crippen molar-refractivity contribution in [2.24, 2.45) is 4.99 Å². The lowest BCUT2D eigenvalue weighted by atomic mass is 10.1. The highest BCUT2D eigenvalue weighted by Gasteiger charge is 2.30. The fourth-order valence-corrected chi connectivity index (χ4v) is 3.81. The van der Waals surface area contributed by atoms with E-state index in [0.29, 0.717) is 37.7 Å². The summed E-state index contributed by atoms with van der Waals surface area (Å²) in [6.07, 6.45) is 2.18. The third kappa shape index (κ3) is 6.68. The molecule has 2 fully saturated rings. The van der Waals surface area contributed by atoms with E-state index in [1.54, 1.807) is 6.07 Å². The molecule has 1 atom stereocenters. The quantitative estimate of drug-likeness (QED) is 0.356. The molecular formula is C20H29ClFIN4O2. The molecular weight excluding hydrogens is 510 g/mol. The van der Waals surface area contributed by atoms with Gasteiger partial charge in [0, 0.05) is 50.9 Å². The third-order valence-corrected chi connectivity index (χ3v) is 5.44. The second-order valence-corrected chi connectivity index (χ2v) is 7.44. The average molecular weight is 539 g/mol. The Morgan fingerprint density at radius 1 is 1.31 bits per heavy atom. The van der Waals surface area contributed by atoms with E-state index in [4.69, 9.17) is 21.3 Å². The number of ether oxygens (including phenoxy) is 1. The summed E-state index contributed by atoms with van der Waals surface area (Å²) in [5, 5.41) is 3.75. The van der Waals surface area contributed by atoms with Crippen LogP contribution in [0, 0.1) is 5.82 Å². The number of nitrogens with one attached hydrogen (secondary N) is 1. The van der Waals surface area contributed by atoms with Gasteiger partial charge in [0.2, 0.25) is 0 Å². The first-order chi connectivity index (χ1) is 13.6. The van der Waals surface area contributed by atoms with E-state index in [0.717, 1.165) is 44.0 Å². The van der Waals surface area contributed by atoms with Crippen molar-refractivity contribution in [2.75, 3.05) is 45.9 Å². The maximum Gasteiger partial charge on any atom is 0.251 e. The highest BCUT2D eigenvalue weighted by Crippen LogP contribution is 2.18. The number of piperazine rings is 1. The molecule has 3 rings (SSSR count). The molecule has 2 saturated heterocycles. The lowest BCUT2D eigenvalue weighted by Gasteiger charge is -2.37. The summed E-state index contributed by atoms with van der Waals surface area (Å²) in [7, 11) is 0. The lowest BCUT2D eigenvalue weighted by molar-refractivity contribution is -0.142. The van der Waals surface area contributed by atoms with Crippen molar-refractivity contribution in [3.63, 3.8) is 0 Å². The summed E-state index contributed by atoms with van der Waals surface area (Å²) in [5.74, 6) is 0.621. The predicted octanol–water partition coefficient (Wildman–Crippen LogP) is 2.93. The van der Waals surface area contributed by atoms with Crippen LogP contribution >= 0.6 is 35.6 Å². The number of rotatable bonds is 5. The number of amides is 1. The van der Waals surface area contributed by atoms with Gasteiger partial charge in [-0.05, 0) is 43.9 Å². The maximum atomic E-state index is 13.2. The molecule has 0 aromatic heterocycles.